The second-order valence-corrected chi connectivity index (χ2v) is 8.69. The summed E-state index contributed by atoms with van der Waals surface area (Å²) in [7, 11) is 0. The first kappa shape index (κ1) is 20.0. The summed E-state index contributed by atoms with van der Waals surface area (Å²) in [5.74, 6) is 0.351. The van der Waals surface area contributed by atoms with E-state index in [4.69, 9.17) is 0 Å². The maximum absolute atomic E-state index is 13.1. The Bertz CT molecular complexity index is 1310. The van der Waals surface area contributed by atoms with Crippen molar-refractivity contribution in [3.63, 3.8) is 0 Å². The number of pyridine rings is 2. The Kier molecular flexibility index (Phi) is 4.98. The largest absolute Gasteiger partial charge is 0.384 e. The molecule has 0 aliphatic carbocycles. The van der Waals surface area contributed by atoms with Crippen LogP contribution in [-0.2, 0) is 12.0 Å². The molecule has 1 aliphatic heterocycles. The highest BCUT2D eigenvalue weighted by atomic mass is 16.1. The zero-order valence-corrected chi connectivity index (χ0v) is 18.1. The molecule has 0 saturated carbocycles. The quantitative estimate of drug-likeness (QED) is 0.411. The molecule has 2 aromatic carbocycles. The minimum Gasteiger partial charge on any atom is -0.384 e. The molecule has 2 aromatic heterocycles. The number of hydrogen-bond acceptors (Lipinski definition) is 5. The van der Waals surface area contributed by atoms with Crippen molar-refractivity contribution in [1.82, 2.24) is 9.97 Å². The number of aromatic nitrogens is 2. The van der Waals surface area contributed by atoms with Crippen LogP contribution in [0.5, 0.6) is 0 Å². The van der Waals surface area contributed by atoms with E-state index in [1.165, 1.54) is 5.56 Å². The van der Waals surface area contributed by atoms with Crippen LogP contribution in [0.3, 0.4) is 0 Å². The summed E-state index contributed by atoms with van der Waals surface area (Å²) in [6, 6.07) is 19.6. The second-order valence-electron chi connectivity index (χ2n) is 8.69. The number of fused-ring (bicyclic) bond motifs is 2. The minimum atomic E-state index is -0.197. The normalized spacial score (nSPS) is 13.9. The summed E-state index contributed by atoms with van der Waals surface area (Å²) in [6.45, 7) is 5.85. The Labute approximate surface area is 187 Å². The van der Waals surface area contributed by atoms with Crippen LogP contribution in [-0.4, -0.2) is 22.4 Å². The van der Waals surface area contributed by atoms with E-state index in [2.05, 4.69) is 51.9 Å². The topological polar surface area (TPSA) is 78.9 Å². The van der Waals surface area contributed by atoms with Crippen LogP contribution in [0.15, 0.2) is 73.1 Å². The molecule has 3 heterocycles. The molecule has 1 amide bonds. The SMILES string of the molecule is CC1(C)CNc2cc(NC(=O)c3cccnc3NCc3ccnc4ccccc34)ccc21. The highest BCUT2D eigenvalue weighted by Gasteiger charge is 2.29. The van der Waals surface area contributed by atoms with E-state index in [1.54, 1.807) is 24.5 Å². The van der Waals surface area contributed by atoms with Gasteiger partial charge in [0.25, 0.3) is 5.91 Å². The van der Waals surface area contributed by atoms with Crippen molar-refractivity contribution in [2.45, 2.75) is 25.8 Å². The molecule has 0 bridgehead atoms. The molecule has 0 atom stereocenters. The van der Waals surface area contributed by atoms with Crippen molar-refractivity contribution < 1.29 is 4.79 Å². The molecule has 6 heteroatoms. The number of nitrogens with one attached hydrogen (secondary N) is 3. The van der Waals surface area contributed by atoms with Crippen LogP contribution in [0, 0.1) is 0 Å². The van der Waals surface area contributed by atoms with Gasteiger partial charge in [0.1, 0.15) is 5.82 Å². The molecule has 4 aromatic rings. The van der Waals surface area contributed by atoms with Crippen molar-refractivity contribution in [2.24, 2.45) is 0 Å². The molecule has 0 radical (unpaired) electrons. The summed E-state index contributed by atoms with van der Waals surface area (Å²) in [5.41, 5.74) is 5.73. The number of nitrogens with zero attached hydrogens (tertiary/aromatic N) is 2. The number of rotatable bonds is 5. The standard InChI is InChI=1S/C26H25N5O/c1-26(2)16-30-23-14-18(9-10-21(23)26)31-25(32)20-7-5-12-28-24(20)29-15-17-11-13-27-22-8-4-3-6-19(17)22/h3-14,30H,15-16H2,1-2H3,(H,28,29)(H,31,32). The predicted octanol–water partition coefficient (Wildman–Crippen LogP) is 5.20. The smallest absolute Gasteiger partial charge is 0.259 e. The maximum Gasteiger partial charge on any atom is 0.259 e. The van der Waals surface area contributed by atoms with E-state index in [0.717, 1.165) is 34.4 Å². The van der Waals surface area contributed by atoms with Crippen LogP contribution in [0.25, 0.3) is 10.9 Å². The third-order valence-electron chi connectivity index (χ3n) is 5.97. The lowest BCUT2D eigenvalue weighted by Crippen LogP contribution is -2.18. The number of para-hydroxylation sites is 1. The van der Waals surface area contributed by atoms with Gasteiger partial charge in [0.05, 0.1) is 11.1 Å². The van der Waals surface area contributed by atoms with Gasteiger partial charge in [0.15, 0.2) is 0 Å². The number of benzene rings is 2. The average molecular weight is 424 g/mol. The number of hydrogen-bond donors (Lipinski definition) is 3. The summed E-state index contributed by atoms with van der Waals surface area (Å²) in [5, 5.41) is 10.9. The predicted molar refractivity (Wildman–Crippen MR) is 129 cm³/mol. The van der Waals surface area contributed by atoms with E-state index in [0.29, 0.717) is 17.9 Å². The molecule has 1 aliphatic rings. The van der Waals surface area contributed by atoms with Crippen molar-refractivity contribution >= 4 is 34.0 Å². The number of carbonyl (C=O) groups excluding carboxylic acids is 1. The molecule has 5 rings (SSSR count). The fourth-order valence-electron chi connectivity index (χ4n) is 4.19. The Morgan fingerprint density at radius 2 is 1.91 bits per heavy atom. The molecule has 32 heavy (non-hydrogen) atoms. The Morgan fingerprint density at radius 3 is 2.81 bits per heavy atom. The van der Waals surface area contributed by atoms with Gasteiger partial charge in [0.2, 0.25) is 0 Å². The Hall–Kier alpha value is -3.93. The minimum absolute atomic E-state index is 0.0927. The van der Waals surface area contributed by atoms with Gasteiger partial charge in [-0.05, 0) is 47.5 Å². The van der Waals surface area contributed by atoms with Gasteiger partial charge in [0, 0.05) is 47.7 Å². The number of amides is 1. The zero-order valence-electron chi connectivity index (χ0n) is 18.1. The third kappa shape index (κ3) is 3.75. The first-order valence-corrected chi connectivity index (χ1v) is 10.7. The molecule has 6 nitrogen and oxygen atoms in total. The van der Waals surface area contributed by atoms with Crippen molar-refractivity contribution in [3.8, 4) is 0 Å². The van der Waals surface area contributed by atoms with Gasteiger partial charge in [-0.1, -0.05) is 38.1 Å². The third-order valence-corrected chi connectivity index (χ3v) is 5.97. The molecular formula is C26H25N5O. The van der Waals surface area contributed by atoms with Crippen LogP contribution >= 0.6 is 0 Å². The molecular weight excluding hydrogens is 398 g/mol. The number of anilines is 3. The number of carbonyl (C=O) groups is 1. The van der Waals surface area contributed by atoms with Crippen molar-refractivity contribution in [2.75, 3.05) is 22.5 Å². The van der Waals surface area contributed by atoms with Crippen molar-refractivity contribution in [3.05, 3.63) is 89.7 Å². The monoisotopic (exact) mass is 423 g/mol. The highest BCUT2D eigenvalue weighted by Crippen LogP contribution is 2.37. The summed E-state index contributed by atoms with van der Waals surface area (Å²) in [4.78, 5) is 21.9. The van der Waals surface area contributed by atoms with Gasteiger partial charge >= 0.3 is 0 Å². The molecule has 0 saturated heterocycles. The lowest BCUT2D eigenvalue weighted by Gasteiger charge is -2.17. The van der Waals surface area contributed by atoms with Crippen LogP contribution < -0.4 is 16.0 Å². The fourth-order valence-corrected chi connectivity index (χ4v) is 4.19. The zero-order chi connectivity index (χ0) is 22.1. The lowest BCUT2D eigenvalue weighted by atomic mass is 9.87. The molecule has 160 valence electrons. The fraction of sp³-hybridized carbons (Fsp3) is 0.192. The van der Waals surface area contributed by atoms with E-state index >= 15 is 0 Å². The van der Waals surface area contributed by atoms with Gasteiger partial charge in [-0.25, -0.2) is 4.98 Å². The molecule has 0 spiro atoms. The summed E-state index contributed by atoms with van der Waals surface area (Å²) in [6.07, 6.45) is 3.49. The van der Waals surface area contributed by atoms with Gasteiger partial charge in [-0.15, -0.1) is 0 Å². The average Bonchev–Trinajstić information content (AvgIpc) is 3.11. The van der Waals surface area contributed by atoms with Crippen LogP contribution in [0.4, 0.5) is 17.2 Å². The molecule has 0 fully saturated rings. The first-order valence-electron chi connectivity index (χ1n) is 10.7. The van der Waals surface area contributed by atoms with E-state index in [-0.39, 0.29) is 11.3 Å². The second kappa shape index (κ2) is 7.96. The maximum atomic E-state index is 13.1. The summed E-state index contributed by atoms with van der Waals surface area (Å²) >= 11 is 0. The Balaban J connectivity index is 1.35. The highest BCUT2D eigenvalue weighted by molar-refractivity contribution is 6.07. The van der Waals surface area contributed by atoms with Gasteiger partial charge < -0.3 is 16.0 Å². The van der Waals surface area contributed by atoms with Crippen molar-refractivity contribution in [1.29, 1.82) is 0 Å². The van der Waals surface area contributed by atoms with E-state index in [1.807, 2.05) is 36.4 Å². The van der Waals surface area contributed by atoms with E-state index in [9.17, 15) is 4.79 Å². The van der Waals surface area contributed by atoms with E-state index < -0.39 is 0 Å². The lowest BCUT2D eigenvalue weighted by molar-refractivity contribution is 0.102. The van der Waals surface area contributed by atoms with Crippen LogP contribution in [0.1, 0.15) is 35.3 Å². The molecule has 0 unspecified atom stereocenters. The molecule has 3 N–H and O–H groups in total. The van der Waals surface area contributed by atoms with Crippen LogP contribution in [0.2, 0.25) is 0 Å². The first-order chi connectivity index (χ1) is 15.5. The van der Waals surface area contributed by atoms with Gasteiger partial charge in [-0.2, -0.15) is 0 Å². The summed E-state index contributed by atoms with van der Waals surface area (Å²) < 4.78 is 0. The van der Waals surface area contributed by atoms with Gasteiger partial charge in [-0.3, -0.25) is 9.78 Å². The Morgan fingerprint density at radius 1 is 1.03 bits per heavy atom.